The maximum absolute atomic E-state index is 12.3. The lowest BCUT2D eigenvalue weighted by molar-refractivity contribution is -0.123. The van der Waals surface area contributed by atoms with Crippen molar-refractivity contribution in [2.24, 2.45) is 0 Å². The Morgan fingerprint density at radius 1 is 1.26 bits per heavy atom. The van der Waals surface area contributed by atoms with Gasteiger partial charge < -0.3 is 14.9 Å². The van der Waals surface area contributed by atoms with E-state index in [-0.39, 0.29) is 11.1 Å². The fourth-order valence-electron chi connectivity index (χ4n) is 2.02. The second-order valence-electron chi connectivity index (χ2n) is 4.56. The number of ether oxygens (including phenoxy) is 1. The molecule has 0 atom stereocenters. The Labute approximate surface area is 128 Å². The molecule has 0 saturated carbocycles. The van der Waals surface area contributed by atoms with Gasteiger partial charge in [-0.05, 0) is 29.7 Å². The van der Waals surface area contributed by atoms with Crippen molar-refractivity contribution in [3.05, 3.63) is 40.3 Å². The number of amides is 1. The number of aromatic nitrogens is 1. The average molecular weight is 330 g/mol. The van der Waals surface area contributed by atoms with E-state index in [4.69, 9.17) is 9.57 Å². The number of alkyl halides is 3. The summed E-state index contributed by atoms with van der Waals surface area (Å²) >= 11 is 0. The van der Waals surface area contributed by atoms with Gasteiger partial charge in [0.05, 0.1) is 12.5 Å². The summed E-state index contributed by atoms with van der Waals surface area (Å²) in [5, 5.41) is 2.28. The van der Waals surface area contributed by atoms with Gasteiger partial charge in [0, 0.05) is 0 Å². The smallest absolute Gasteiger partial charge is 0.405 e. The van der Waals surface area contributed by atoms with Gasteiger partial charge in [-0.25, -0.2) is 0 Å². The van der Waals surface area contributed by atoms with E-state index >= 15 is 0 Å². The summed E-state index contributed by atoms with van der Waals surface area (Å²) in [6, 6.07) is 5.78. The Morgan fingerprint density at radius 3 is 2.52 bits per heavy atom. The highest BCUT2D eigenvalue weighted by Gasteiger charge is 2.29. The molecule has 2 aromatic rings. The van der Waals surface area contributed by atoms with E-state index in [2.05, 4.69) is 0 Å². The van der Waals surface area contributed by atoms with Crippen molar-refractivity contribution < 1.29 is 27.5 Å². The van der Waals surface area contributed by atoms with Gasteiger partial charge in [-0.1, -0.05) is 0 Å². The highest BCUT2D eigenvalue weighted by molar-refractivity contribution is 5.96. The van der Waals surface area contributed by atoms with Crippen LogP contribution in [0.1, 0.15) is 10.5 Å². The third-order valence-electron chi connectivity index (χ3n) is 3.05. The van der Waals surface area contributed by atoms with Gasteiger partial charge in [-0.2, -0.15) is 13.2 Å². The zero-order valence-electron chi connectivity index (χ0n) is 12.2. The molecule has 1 N–H and O–H groups in total. The summed E-state index contributed by atoms with van der Waals surface area (Å²) in [7, 11) is 2.56. The highest BCUT2D eigenvalue weighted by Crippen LogP contribution is 2.19. The molecular weight excluding hydrogens is 317 g/mol. The Kier molecular flexibility index (Phi) is 4.48. The number of halogens is 3. The first-order valence-electron chi connectivity index (χ1n) is 6.40. The lowest BCUT2D eigenvalue weighted by atomic mass is 10.1. The standard InChI is InChI=1S/C14H13F3N2O4/c1-22-9-3-4-10-8(5-9)6-11(19(23-2)13(10)21)12(20)18-7-14(15,16)17/h3-6H,7H2,1-2H3,(H,18,20). The number of fused-ring (bicyclic) bond motifs is 1. The van der Waals surface area contributed by atoms with Crippen LogP contribution >= 0.6 is 0 Å². The molecular formula is C14H13F3N2O4. The molecule has 2 rings (SSSR count). The second-order valence-corrected chi connectivity index (χ2v) is 4.56. The molecule has 0 aliphatic carbocycles. The monoisotopic (exact) mass is 330 g/mol. The fraction of sp³-hybridized carbons (Fsp3) is 0.286. The minimum Gasteiger partial charge on any atom is -0.497 e. The molecule has 124 valence electrons. The Bertz CT molecular complexity index is 799. The number of methoxy groups -OCH3 is 1. The van der Waals surface area contributed by atoms with E-state index in [1.54, 1.807) is 11.4 Å². The number of nitrogens with zero attached hydrogens (tertiary/aromatic N) is 1. The van der Waals surface area contributed by atoms with Gasteiger partial charge in [0.15, 0.2) is 0 Å². The predicted octanol–water partition coefficient (Wildman–Crippen LogP) is 1.36. The number of pyridine rings is 1. The van der Waals surface area contributed by atoms with Crippen LogP contribution in [0.4, 0.5) is 13.2 Å². The first-order valence-corrected chi connectivity index (χ1v) is 6.40. The summed E-state index contributed by atoms with van der Waals surface area (Å²) in [6.45, 7) is -1.51. The van der Waals surface area contributed by atoms with E-state index < -0.39 is 24.2 Å². The number of carbonyl (C=O) groups excluding carboxylic acids is 1. The summed E-state index contributed by atoms with van der Waals surface area (Å²) in [6.07, 6.45) is -4.56. The normalized spacial score (nSPS) is 11.3. The minimum absolute atomic E-state index is 0.236. The van der Waals surface area contributed by atoms with Crippen LogP contribution in [0.2, 0.25) is 0 Å². The Balaban J connectivity index is 2.53. The van der Waals surface area contributed by atoms with Crippen molar-refractivity contribution in [3.63, 3.8) is 0 Å². The van der Waals surface area contributed by atoms with Crippen molar-refractivity contribution in [1.29, 1.82) is 0 Å². The SMILES string of the molecule is COc1ccc2c(=O)n(OC)c(C(=O)NCC(F)(F)F)cc2c1. The van der Waals surface area contributed by atoms with E-state index in [0.717, 1.165) is 7.11 Å². The van der Waals surface area contributed by atoms with Gasteiger partial charge >= 0.3 is 6.18 Å². The van der Waals surface area contributed by atoms with Crippen molar-refractivity contribution in [1.82, 2.24) is 10.0 Å². The molecule has 0 fully saturated rings. The van der Waals surface area contributed by atoms with Crippen LogP contribution in [-0.2, 0) is 0 Å². The first kappa shape index (κ1) is 16.7. The van der Waals surface area contributed by atoms with Crippen LogP contribution in [0, 0.1) is 0 Å². The molecule has 1 heterocycles. The van der Waals surface area contributed by atoms with Gasteiger partial charge in [0.2, 0.25) is 0 Å². The molecule has 1 amide bonds. The molecule has 0 aliphatic heterocycles. The van der Waals surface area contributed by atoms with Crippen LogP contribution in [0.15, 0.2) is 29.1 Å². The molecule has 0 radical (unpaired) electrons. The quantitative estimate of drug-likeness (QED) is 0.919. The number of carbonyl (C=O) groups is 1. The third kappa shape index (κ3) is 3.55. The Morgan fingerprint density at radius 2 is 1.96 bits per heavy atom. The topological polar surface area (TPSA) is 69.6 Å². The van der Waals surface area contributed by atoms with Crippen molar-refractivity contribution in [3.8, 4) is 5.75 Å². The summed E-state index contributed by atoms with van der Waals surface area (Å²) < 4.78 is 42.3. The number of nitrogens with one attached hydrogen (secondary N) is 1. The van der Waals surface area contributed by atoms with Gasteiger partial charge in [-0.15, -0.1) is 4.73 Å². The van der Waals surface area contributed by atoms with Crippen LogP contribution in [0.5, 0.6) is 5.75 Å². The largest absolute Gasteiger partial charge is 0.497 e. The van der Waals surface area contributed by atoms with Crippen LogP contribution < -0.4 is 20.5 Å². The average Bonchev–Trinajstić information content (AvgIpc) is 2.51. The minimum atomic E-state index is -4.56. The van der Waals surface area contributed by atoms with E-state index in [9.17, 15) is 22.8 Å². The van der Waals surface area contributed by atoms with Gasteiger partial charge in [-0.3, -0.25) is 9.59 Å². The summed E-state index contributed by atoms with van der Waals surface area (Å²) in [4.78, 5) is 29.0. The molecule has 0 bridgehead atoms. The van der Waals surface area contributed by atoms with E-state index in [1.807, 2.05) is 0 Å². The number of hydrogen-bond donors (Lipinski definition) is 1. The Hall–Kier alpha value is -2.71. The van der Waals surface area contributed by atoms with Crippen LogP contribution in [-0.4, -0.2) is 37.6 Å². The maximum Gasteiger partial charge on any atom is 0.405 e. The molecule has 1 aromatic heterocycles. The van der Waals surface area contributed by atoms with Crippen LogP contribution in [0.3, 0.4) is 0 Å². The van der Waals surface area contributed by atoms with Crippen molar-refractivity contribution >= 4 is 16.7 Å². The van der Waals surface area contributed by atoms with Crippen LogP contribution in [0.25, 0.3) is 10.8 Å². The second kappa shape index (κ2) is 6.19. The molecule has 0 saturated heterocycles. The van der Waals surface area contributed by atoms with Crippen molar-refractivity contribution in [2.45, 2.75) is 6.18 Å². The summed E-state index contributed by atoms with van der Waals surface area (Å²) in [5.41, 5.74) is -1.01. The van der Waals surface area contributed by atoms with Crippen molar-refractivity contribution in [2.75, 3.05) is 20.8 Å². The summed E-state index contributed by atoms with van der Waals surface area (Å²) in [5.74, 6) is -0.639. The lowest BCUT2D eigenvalue weighted by Gasteiger charge is -2.13. The maximum atomic E-state index is 12.3. The van der Waals surface area contributed by atoms with Gasteiger partial charge in [0.25, 0.3) is 11.5 Å². The zero-order valence-corrected chi connectivity index (χ0v) is 12.2. The van der Waals surface area contributed by atoms with E-state index in [1.165, 1.54) is 25.3 Å². The van der Waals surface area contributed by atoms with E-state index in [0.29, 0.717) is 15.9 Å². The van der Waals surface area contributed by atoms with Gasteiger partial charge in [0.1, 0.15) is 25.1 Å². The number of hydrogen-bond acceptors (Lipinski definition) is 4. The lowest BCUT2D eigenvalue weighted by Crippen LogP contribution is -2.38. The molecule has 9 heteroatoms. The molecule has 6 nitrogen and oxygen atoms in total. The molecule has 0 aliphatic rings. The zero-order chi connectivity index (χ0) is 17.2. The fourth-order valence-corrected chi connectivity index (χ4v) is 2.02. The number of rotatable bonds is 4. The highest BCUT2D eigenvalue weighted by atomic mass is 19.4. The molecule has 23 heavy (non-hydrogen) atoms. The first-order chi connectivity index (χ1) is 10.8. The molecule has 1 aromatic carbocycles. The predicted molar refractivity (Wildman–Crippen MR) is 75.7 cm³/mol. The molecule has 0 unspecified atom stereocenters. The molecule has 0 spiro atoms. The third-order valence-corrected chi connectivity index (χ3v) is 3.05. The number of benzene rings is 1.